The Balaban J connectivity index is 1.73. The van der Waals surface area contributed by atoms with Crippen molar-refractivity contribution in [3.8, 4) is 0 Å². The van der Waals surface area contributed by atoms with Crippen LogP contribution in [0.2, 0.25) is 0 Å². The Morgan fingerprint density at radius 3 is 2.44 bits per heavy atom. The largest absolute Gasteiger partial charge is 0.356 e. The van der Waals surface area contributed by atoms with Gasteiger partial charge in [0.1, 0.15) is 12.0 Å². The van der Waals surface area contributed by atoms with Crippen molar-refractivity contribution in [1.29, 1.82) is 0 Å². The van der Waals surface area contributed by atoms with Crippen LogP contribution in [0, 0.1) is 18.8 Å². The standard InChI is InChI=1S/C21H29NO4S/c1-14-10-12-16(13-11-14)27(24,25)22-18-8-3-4-9-19(18)26-21(22)17-7-5-6-15(2)20(17)23/h10-13,15,17-19,21H,3-9H2,1-2H3/t15?,17?,18-,19+,21-/m1/s1. The second-order valence-corrected chi connectivity index (χ2v) is 10.2. The molecule has 2 aliphatic carbocycles. The van der Waals surface area contributed by atoms with Crippen LogP contribution in [-0.2, 0) is 19.6 Å². The number of ether oxygens (including phenoxy) is 1. The predicted octanol–water partition coefficient (Wildman–Crippen LogP) is 3.66. The first-order valence-corrected chi connectivity index (χ1v) is 11.6. The monoisotopic (exact) mass is 391 g/mol. The number of nitrogens with zero attached hydrogens (tertiary/aromatic N) is 1. The molecule has 6 heteroatoms. The van der Waals surface area contributed by atoms with Crippen molar-refractivity contribution in [1.82, 2.24) is 4.31 Å². The number of hydrogen-bond donors (Lipinski definition) is 0. The van der Waals surface area contributed by atoms with E-state index in [-0.39, 0.29) is 29.8 Å². The number of aryl methyl sites for hydroxylation is 1. The minimum Gasteiger partial charge on any atom is -0.356 e. The van der Waals surface area contributed by atoms with E-state index >= 15 is 0 Å². The van der Waals surface area contributed by atoms with Crippen LogP contribution in [0.4, 0.5) is 0 Å². The number of sulfonamides is 1. The molecule has 3 fully saturated rings. The third kappa shape index (κ3) is 3.36. The molecule has 148 valence electrons. The highest BCUT2D eigenvalue weighted by Gasteiger charge is 2.53. The summed E-state index contributed by atoms with van der Waals surface area (Å²) in [5, 5.41) is 0. The molecule has 4 rings (SSSR count). The number of carbonyl (C=O) groups is 1. The summed E-state index contributed by atoms with van der Waals surface area (Å²) in [7, 11) is -3.71. The number of ketones is 1. The SMILES string of the molecule is Cc1ccc(S(=O)(=O)N2[C@@H](C3CCCC(C)C3=O)O[C@H]3CCCC[C@H]32)cc1. The molecule has 0 aromatic heterocycles. The van der Waals surface area contributed by atoms with Crippen LogP contribution in [0.25, 0.3) is 0 Å². The molecule has 1 saturated heterocycles. The second-order valence-electron chi connectivity index (χ2n) is 8.41. The maximum absolute atomic E-state index is 13.6. The van der Waals surface area contributed by atoms with Crippen molar-refractivity contribution in [3.05, 3.63) is 29.8 Å². The van der Waals surface area contributed by atoms with Gasteiger partial charge in [-0.05, 0) is 44.7 Å². The van der Waals surface area contributed by atoms with Crippen molar-refractivity contribution in [3.63, 3.8) is 0 Å². The van der Waals surface area contributed by atoms with Gasteiger partial charge < -0.3 is 4.74 Å². The van der Waals surface area contributed by atoms with Crippen molar-refractivity contribution < 1.29 is 17.9 Å². The summed E-state index contributed by atoms with van der Waals surface area (Å²) in [6.07, 6.45) is 5.56. The number of carbonyl (C=O) groups excluding carboxylic acids is 1. The Kier molecular flexibility index (Phi) is 5.16. The smallest absolute Gasteiger partial charge is 0.245 e. The summed E-state index contributed by atoms with van der Waals surface area (Å²) >= 11 is 0. The lowest BCUT2D eigenvalue weighted by molar-refractivity contribution is -0.137. The molecule has 27 heavy (non-hydrogen) atoms. The number of hydrogen-bond acceptors (Lipinski definition) is 4. The van der Waals surface area contributed by atoms with Gasteiger partial charge in [-0.2, -0.15) is 4.31 Å². The normalized spacial score (nSPS) is 35.2. The Morgan fingerprint density at radius 1 is 1.00 bits per heavy atom. The first-order chi connectivity index (χ1) is 12.9. The fourth-order valence-corrected chi connectivity index (χ4v) is 6.74. The Morgan fingerprint density at radius 2 is 1.70 bits per heavy atom. The van der Waals surface area contributed by atoms with Gasteiger partial charge in [-0.25, -0.2) is 8.42 Å². The van der Waals surface area contributed by atoms with E-state index in [0.29, 0.717) is 11.3 Å². The van der Waals surface area contributed by atoms with Crippen molar-refractivity contribution >= 4 is 15.8 Å². The van der Waals surface area contributed by atoms with E-state index in [0.717, 1.165) is 44.1 Å². The molecular formula is C21H29NO4S. The lowest BCUT2D eigenvalue weighted by Crippen LogP contribution is -2.49. The van der Waals surface area contributed by atoms with E-state index in [1.165, 1.54) is 0 Å². The number of benzene rings is 1. The molecule has 1 aromatic carbocycles. The zero-order chi connectivity index (χ0) is 19.2. The summed E-state index contributed by atoms with van der Waals surface area (Å²) in [5.74, 6) is -0.201. The number of fused-ring (bicyclic) bond motifs is 1. The maximum Gasteiger partial charge on any atom is 0.245 e. The third-order valence-corrected chi connectivity index (χ3v) is 8.41. The van der Waals surface area contributed by atoms with Crippen LogP contribution >= 0.6 is 0 Å². The van der Waals surface area contributed by atoms with E-state index in [9.17, 15) is 13.2 Å². The van der Waals surface area contributed by atoms with Crippen LogP contribution in [0.15, 0.2) is 29.2 Å². The second kappa shape index (κ2) is 7.30. The average molecular weight is 392 g/mol. The molecule has 1 aliphatic heterocycles. The molecule has 1 heterocycles. The zero-order valence-electron chi connectivity index (χ0n) is 16.1. The van der Waals surface area contributed by atoms with E-state index < -0.39 is 16.3 Å². The van der Waals surface area contributed by atoms with E-state index in [2.05, 4.69) is 0 Å². The molecule has 0 N–H and O–H groups in total. The topological polar surface area (TPSA) is 63.7 Å². The molecular weight excluding hydrogens is 362 g/mol. The molecule has 5 nitrogen and oxygen atoms in total. The third-order valence-electron chi connectivity index (χ3n) is 6.50. The van der Waals surface area contributed by atoms with E-state index in [1.807, 2.05) is 26.0 Å². The lowest BCUT2D eigenvalue weighted by Gasteiger charge is -2.35. The van der Waals surface area contributed by atoms with Gasteiger partial charge in [-0.3, -0.25) is 4.79 Å². The minimum atomic E-state index is -3.71. The Bertz CT molecular complexity index is 804. The van der Waals surface area contributed by atoms with Crippen LogP contribution in [0.1, 0.15) is 57.4 Å². The first kappa shape index (κ1) is 19.1. The van der Waals surface area contributed by atoms with Crippen LogP contribution in [0.5, 0.6) is 0 Å². The molecule has 5 atom stereocenters. The average Bonchev–Trinajstić information content (AvgIpc) is 3.04. The highest BCUT2D eigenvalue weighted by molar-refractivity contribution is 7.89. The van der Waals surface area contributed by atoms with Gasteiger partial charge in [0.2, 0.25) is 10.0 Å². The summed E-state index contributed by atoms with van der Waals surface area (Å²) in [6, 6.07) is 6.84. The molecule has 0 bridgehead atoms. The summed E-state index contributed by atoms with van der Waals surface area (Å²) < 4.78 is 35.0. The minimum absolute atomic E-state index is 0.0149. The molecule has 0 amide bonds. The van der Waals surface area contributed by atoms with Crippen LogP contribution in [0.3, 0.4) is 0 Å². The molecule has 0 spiro atoms. The molecule has 2 unspecified atom stereocenters. The summed E-state index contributed by atoms with van der Waals surface area (Å²) in [6.45, 7) is 3.90. The van der Waals surface area contributed by atoms with Crippen molar-refractivity contribution in [2.24, 2.45) is 11.8 Å². The van der Waals surface area contributed by atoms with Gasteiger partial charge in [0.25, 0.3) is 0 Å². The van der Waals surface area contributed by atoms with Gasteiger partial charge in [0.15, 0.2) is 0 Å². The molecule has 2 saturated carbocycles. The van der Waals surface area contributed by atoms with Gasteiger partial charge in [0, 0.05) is 5.92 Å². The first-order valence-electron chi connectivity index (χ1n) is 10.2. The van der Waals surface area contributed by atoms with Crippen molar-refractivity contribution in [2.75, 3.05) is 0 Å². The van der Waals surface area contributed by atoms with Crippen molar-refractivity contribution in [2.45, 2.75) is 82.1 Å². The summed E-state index contributed by atoms with van der Waals surface area (Å²) in [4.78, 5) is 13.2. The predicted molar refractivity (Wildman–Crippen MR) is 103 cm³/mol. The lowest BCUT2D eigenvalue weighted by atomic mass is 9.80. The fraction of sp³-hybridized carbons (Fsp3) is 0.667. The Hall–Kier alpha value is -1.24. The molecule has 3 aliphatic rings. The Labute approximate surface area is 162 Å². The highest BCUT2D eigenvalue weighted by Crippen LogP contribution is 2.43. The van der Waals surface area contributed by atoms with E-state index in [1.54, 1.807) is 16.4 Å². The summed E-state index contributed by atoms with van der Waals surface area (Å²) in [5.41, 5.74) is 1.02. The van der Waals surface area contributed by atoms with Gasteiger partial charge in [-0.1, -0.05) is 43.9 Å². The van der Waals surface area contributed by atoms with Crippen LogP contribution < -0.4 is 0 Å². The van der Waals surface area contributed by atoms with Gasteiger partial charge in [0.05, 0.1) is 23.0 Å². The van der Waals surface area contributed by atoms with Gasteiger partial charge in [-0.15, -0.1) is 0 Å². The molecule has 0 radical (unpaired) electrons. The maximum atomic E-state index is 13.6. The quantitative estimate of drug-likeness (QED) is 0.789. The number of Topliss-reactive ketones (excluding diaryl/α,β-unsaturated/α-hetero) is 1. The molecule has 1 aromatic rings. The zero-order valence-corrected chi connectivity index (χ0v) is 17.0. The number of rotatable bonds is 3. The highest BCUT2D eigenvalue weighted by atomic mass is 32.2. The van der Waals surface area contributed by atoms with Crippen LogP contribution in [-0.4, -0.2) is 36.9 Å². The van der Waals surface area contributed by atoms with E-state index in [4.69, 9.17) is 4.74 Å². The van der Waals surface area contributed by atoms with Gasteiger partial charge >= 0.3 is 0 Å². The fourth-order valence-electron chi connectivity index (χ4n) is 4.95.